The summed E-state index contributed by atoms with van der Waals surface area (Å²) in [5, 5.41) is 0. The molecule has 0 N–H and O–H groups in total. The zero-order chi connectivity index (χ0) is 22.7. The van der Waals surface area contributed by atoms with Crippen LogP contribution in [0.4, 0.5) is 0 Å². The molecule has 0 aromatic heterocycles. The van der Waals surface area contributed by atoms with Gasteiger partial charge < -0.3 is 0 Å². The largest absolute Gasteiger partial charge is 0.297 e. The van der Waals surface area contributed by atoms with Gasteiger partial charge in [0.2, 0.25) is 0 Å². The van der Waals surface area contributed by atoms with Gasteiger partial charge in [0.05, 0.1) is 11.0 Å². The molecule has 0 heterocycles. The minimum Gasteiger partial charge on any atom is -0.263 e. The molecule has 2 saturated carbocycles. The van der Waals surface area contributed by atoms with Gasteiger partial charge in [0.25, 0.3) is 10.1 Å². The van der Waals surface area contributed by atoms with E-state index in [9.17, 15) is 8.42 Å². The fraction of sp³-hybridized carbons (Fsp3) is 0.643. The third kappa shape index (κ3) is 3.44. The van der Waals surface area contributed by atoms with Gasteiger partial charge in [-0.2, -0.15) is 8.42 Å². The molecule has 1 aromatic carbocycles. The Kier molecular flexibility index (Phi) is 5.49. The number of hydrogen-bond donors (Lipinski definition) is 0. The Bertz CT molecular complexity index is 1050. The predicted octanol–water partition coefficient (Wildman–Crippen LogP) is 6.98. The van der Waals surface area contributed by atoms with Crippen molar-refractivity contribution in [3.8, 4) is 0 Å². The molecule has 0 radical (unpaired) electrons. The first-order valence-electron chi connectivity index (χ1n) is 12.6. The van der Waals surface area contributed by atoms with Crippen molar-refractivity contribution in [2.75, 3.05) is 0 Å². The quantitative estimate of drug-likeness (QED) is 0.364. The molecule has 0 saturated heterocycles. The first kappa shape index (κ1) is 22.4. The summed E-state index contributed by atoms with van der Waals surface area (Å²) in [6, 6.07) is 6.96. The van der Waals surface area contributed by atoms with Gasteiger partial charge in [0, 0.05) is 0 Å². The van der Waals surface area contributed by atoms with E-state index >= 15 is 0 Å². The highest BCUT2D eigenvalue weighted by Crippen LogP contribution is 2.65. The van der Waals surface area contributed by atoms with E-state index in [0.29, 0.717) is 17.3 Å². The van der Waals surface area contributed by atoms with Crippen molar-refractivity contribution >= 4 is 10.1 Å². The Hall–Kier alpha value is -1.39. The Morgan fingerprint density at radius 3 is 2.44 bits per heavy atom. The zero-order valence-electron chi connectivity index (χ0n) is 20.1. The maximum absolute atomic E-state index is 12.8. The lowest BCUT2D eigenvalue weighted by atomic mass is 9.48. The van der Waals surface area contributed by atoms with E-state index in [-0.39, 0.29) is 16.4 Å². The third-order valence-electron chi connectivity index (χ3n) is 9.71. The molecule has 5 rings (SSSR count). The lowest BCUT2D eigenvalue weighted by molar-refractivity contribution is 0.0284. The monoisotopic (exact) mass is 454 g/mol. The molecule has 0 aliphatic heterocycles. The Labute approximate surface area is 194 Å². The number of hydrogen-bond acceptors (Lipinski definition) is 3. The second-order valence-corrected chi connectivity index (χ2v) is 12.9. The van der Waals surface area contributed by atoms with E-state index < -0.39 is 10.1 Å². The number of fused-ring (bicyclic) bond motifs is 5. The van der Waals surface area contributed by atoms with Gasteiger partial charge in [-0.05, 0) is 92.6 Å². The van der Waals surface area contributed by atoms with Gasteiger partial charge in [-0.25, -0.2) is 0 Å². The number of allylic oxidation sites excluding steroid dienone is 3. The van der Waals surface area contributed by atoms with Gasteiger partial charge in [0.1, 0.15) is 0 Å². The van der Waals surface area contributed by atoms with Crippen LogP contribution in [0.3, 0.4) is 0 Å². The van der Waals surface area contributed by atoms with E-state index in [1.165, 1.54) is 31.3 Å². The number of rotatable bonds is 4. The molecule has 6 atom stereocenters. The maximum Gasteiger partial charge on any atom is 0.297 e. The fourth-order valence-corrected chi connectivity index (χ4v) is 8.80. The van der Waals surface area contributed by atoms with Crippen molar-refractivity contribution in [3.63, 3.8) is 0 Å². The standard InChI is InChI=1S/C28H38O3S/c1-5-20-9-13-25-24-12-8-21-18-22(31-32(29,30)23-10-6-19(2)7-11-23)14-16-28(21,4)26(24)15-17-27(20,25)3/h6-8,10-11,13,20,22,24,26H,5,9,12,14-18H2,1-4H3/t20-,22-,24-,26-,27+,28-/m0/s1. The highest BCUT2D eigenvalue weighted by Gasteiger charge is 2.55. The van der Waals surface area contributed by atoms with Crippen molar-refractivity contribution in [2.45, 2.75) is 90.1 Å². The smallest absolute Gasteiger partial charge is 0.263 e. The van der Waals surface area contributed by atoms with Crippen LogP contribution < -0.4 is 0 Å². The summed E-state index contributed by atoms with van der Waals surface area (Å²) in [6.07, 6.45) is 13.7. The highest BCUT2D eigenvalue weighted by molar-refractivity contribution is 7.86. The molecule has 0 bridgehead atoms. The van der Waals surface area contributed by atoms with Crippen molar-refractivity contribution < 1.29 is 12.6 Å². The lowest BCUT2D eigenvalue weighted by Gasteiger charge is -2.56. The molecule has 3 nitrogen and oxygen atoms in total. The first-order chi connectivity index (χ1) is 15.2. The van der Waals surface area contributed by atoms with Crippen LogP contribution >= 0.6 is 0 Å². The summed E-state index contributed by atoms with van der Waals surface area (Å²) in [6.45, 7) is 9.29. The molecule has 1 aromatic rings. The normalized spacial score (nSPS) is 38.9. The molecule has 0 spiro atoms. The van der Waals surface area contributed by atoms with Crippen LogP contribution in [0.5, 0.6) is 0 Å². The van der Waals surface area contributed by atoms with Gasteiger partial charge >= 0.3 is 0 Å². The molecular weight excluding hydrogens is 416 g/mol. The second-order valence-electron chi connectivity index (χ2n) is 11.3. The summed E-state index contributed by atoms with van der Waals surface area (Å²) in [4.78, 5) is 0.263. The molecule has 174 valence electrons. The summed E-state index contributed by atoms with van der Waals surface area (Å²) in [7, 11) is -3.72. The average molecular weight is 455 g/mol. The molecule has 32 heavy (non-hydrogen) atoms. The molecule has 4 heteroatoms. The summed E-state index contributed by atoms with van der Waals surface area (Å²) in [5.41, 5.74) is 4.83. The molecule has 2 fully saturated rings. The predicted molar refractivity (Wildman–Crippen MR) is 129 cm³/mol. The van der Waals surface area contributed by atoms with E-state index in [2.05, 4.69) is 32.9 Å². The molecule has 0 unspecified atom stereocenters. The molecule has 4 aliphatic carbocycles. The fourth-order valence-electron chi connectivity index (χ4n) is 7.70. The molecule has 4 aliphatic rings. The van der Waals surface area contributed by atoms with Crippen LogP contribution in [-0.4, -0.2) is 14.5 Å². The second kappa shape index (κ2) is 7.84. The summed E-state index contributed by atoms with van der Waals surface area (Å²) >= 11 is 0. The summed E-state index contributed by atoms with van der Waals surface area (Å²) < 4.78 is 31.5. The van der Waals surface area contributed by atoms with Crippen molar-refractivity contribution in [3.05, 3.63) is 53.1 Å². The van der Waals surface area contributed by atoms with E-state index in [0.717, 1.165) is 37.2 Å². The topological polar surface area (TPSA) is 43.4 Å². The maximum atomic E-state index is 12.8. The summed E-state index contributed by atoms with van der Waals surface area (Å²) in [5.74, 6) is 2.17. The van der Waals surface area contributed by atoms with Gasteiger partial charge in [-0.1, -0.05) is 68.2 Å². The molecular formula is C28H38O3S. The Morgan fingerprint density at radius 2 is 1.72 bits per heavy atom. The van der Waals surface area contributed by atoms with Crippen LogP contribution in [0, 0.1) is 35.5 Å². The minimum absolute atomic E-state index is 0.183. The minimum atomic E-state index is -3.72. The number of benzene rings is 1. The lowest BCUT2D eigenvalue weighted by Crippen LogP contribution is -2.48. The SMILES string of the molecule is CC[C@H]1CC=C2[C@@H]3CC=C4C[C@@H](OS(=O)(=O)c5ccc(C)cc5)CC[C@]4(C)[C@H]3CC[C@@]21C. The van der Waals surface area contributed by atoms with Crippen LogP contribution in [0.2, 0.25) is 0 Å². The Morgan fingerprint density at radius 1 is 1.00 bits per heavy atom. The van der Waals surface area contributed by atoms with E-state index in [1.54, 1.807) is 17.7 Å². The van der Waals surface area contributed by atoms with Crippen molar-refractivity contribution in [1.29, 1.82) is 0 Å². The van der Waals surface area contributed by atoms with Crippen molar-refractivity contribution in [1.82, 2.24) is 0 Å². The van der Waals surface area contributed by atoms with Gasteiger partial charge in [-0.3, -0.25) is 4.18 Å². The van der Waals surface area contributed by atoms with Gasteiger partial charge in [-0.15, -0.1) is 0 Å². The zero-order valence-corrected chi connectivity index (χ0v) is 20.9. The van der Waals surface area contributed by atoms with Crippen LogP contribution in [-0.2, 0) is 14.3 Å². The van der Waals surface area contributed by atoms with Crippen LogP contribution in [0.15, 0.2) is 52.5 Å². The Balaban J connectivity index is 1.35. The highest BCUT2D eigenvalue weighted by atomic mass is 32.2. The van der Waals surface area contributed by atoms with E-state index in [4.69, 9.17) is 4.18 Å². The molecule has 0 amide bonds. The average Bonchev–Trinajstić information content (AvgIpc) is 3.10. The van der Waals surface area contributed by atoms with Gasteiger partial charge in [0.15, 0.2) is 0 Å². The number of aryl methyl sites for hydroxylation is 1. The van der Waals surface area contributed by atoms with Crippen LogP contribution in [0.25, 0.3) is 0 Å². The first-order valence-corrected chi connectivity index (χ1v) is 14.0. The van der Waals surface area contributed by atoms with E-state index in [1.807, 2.05) is 19.1 Å². The van der Waals surface area contributed by atoms with Crippen LogP contribution in [0.1, 0.15) is 77.7 Å². The van der Waals surface area contributed by atoms with Crippen molar-refractivity contribution in [2.24, 2.45) is 28.6 Å². The third-order valence-corrected chi connectivity index (χ3v) is 11.1.